The lowest BCUT2D eigenvalue weighted by Gasteiger charge is -2.24. The fraction of sp³-hybridized carbons (Fsp3) is 0.474. The second-order valence-electron chi connectivity index (χ2n) is 6.09. The van der Waals surface area contributed by atoms with Crippen LogP contribution in [0.25, 0.3) is 0 Å². The molecule has 0 radical (unpaired) electrons. The third kappa shape index (κ3) is 3.90. The number of hydrogen-bond donors (Lipinski definition) is 1. The Morgan fingerprint density at radius 2 is 2.19 bits per heavy atom. The first-order valence-electron chi connectivity index (χ1n) is 7.87. The molecule has 1 aliphatic carbocycles. The van der Waals surface area contributed by atoms with Gasteiger partial charge in [0.25, 0.3) is 0 Å². The molecule has 2 heteroatoms. The molecule has 0 fully saturated rings. The minimum absolute atomic E-state index is 0.240. The van der Waals surface area contributed by atoms with Crippen LogP contribution in [0.5, 0.6) is 11.5 Å². The number of rotatable bonds is 5. The number of allylic oxidation sites excluding steroid dienone is 3. The summed E-state index contributed by atoms with van der Waals surface area (Å²) in [4.78, 5) is 0. The van der Waals surface area contributed by atoms with Crippen molar-refractivity contribution in [2.75, 3.05) is 0 Å². The zero-order chi connectivity index (χ0) is 15.4. The van der Waals surface area contributed by atoms with Gasteiger partial charge in [-0.2, -0.15) is 0 Å². The predicted octanol–water partition coefficient (Wildman–Crippen LogP) is 5.47. The summed E-state index contributed by atoms with van der Waals surface area (Å²) in [5.74, 6) is 2.01. The van der Waals surface area contributed by atoms with Crippen LogP contribution in [-0.4, -0.2) is 5.11 Å². The van der Waals surface area contributed by atoms with Crippen LogP contribution >= 0.6 is 0 Å². The Labute approximate surface area is 128 Å². The smallest absolute Gasteiger partial charge is 0.134 e. The molecule has 0 aromatic heterocycles. The van der Waals surface area contributed by atoms with E-state index < -0.39 is 0 Å². The van der Waals surface area contributed by atoms with Crippen molar-refractivity contribution in [3.63, 3.8) is 0 Å². The maximum absolute atomic E-state index is 10.5. The van der Waals surface area contributed by atoms with E-state index in [4.69, 9.17) is 4.74 Å². The minimum Gasteiger partial charge on any atom is -0.507 e. The summed E-state index contributed by atoms with van der Waals surface area (Å²) >= 11 is 0. The summed E-state index contributed by atoms with van der Waals surface area (Å²) in [5.41, 5.74) is 3.42. The molecule has 114 valence electrons. The summed E-state index contributed by atoms with van der Waals surface area (Å²) in [6.07, 6.45) is 7.64. The monoisotopic (exact) mass is 286 g/mol. The molecule has 1 aromatic rings. The number of phenolic OH excluding ortho intramolecular Hbond substituents is 1. The molecule has 1 unspecified atom stereocenters. The normalized spacial score (nSPS) is 18.2. The van der Waals surface area contributed by atoms with Crippen LogP contribution in [0.2, 0.25) is 0 Å². The fourth-order valence-corrected chi connectivity index (χ4v) is 3.08. The summed E-state index contributed by atoms with van der Waals surface area (Å²) in [7, 11) is 0. The van der Waals surface area contributed by atoms with E-state index in [1.165, 1.54) is 5.57 Å². The number of ether oxygens (including phenoxy) is 1. The molecule has 1 aromatic carbocycles. The molecule has 2 rings (SSSR count). The largest absolute Gasteiger partial charge is 0.507 e. The van der Waals surface area contributed by atoms with Crippen LogP contribution in [-0.2, 0) is 6.42 Å². The molecule has 1 atom stereocenters. The summed E-state index contributed by atoms with van der Waals surface area (Å²) in [6, 6.07) is 3.95. The molecule has 0 amide bonds. The Morgan fingerprint density at radius 3 is 2.81 bits per heavy atom. The van der Waals surface area contributed by atoms with Crippen molar-refractivity contribution in [2.24, 2.45) is 0 Å². The third-order valence-corrected chi connectivity index (χ3v) is 3.95. The van der Waals surface area contributed by atoms with Gasteiger partial charge in [0.05, 0.1) is 5.76 Å². The van der Waals surface area contributed by atoms with Crippen LogP contribution in [0, 0.1) is 0 Å². The lowest BCUT2D eigenvalue weighted by molar-refractivity contribution is 0.405. The average molecular weight is 286 g/mol. The van der Waals surface area contributed by atoms with Gasteiger partial charge in [0.2, 0.25) is 0 Å². The van der Waals surface area contributed by atoms with Crippen LogP contribution in [0.4, 0.5) is 0 Å². The number of aromatic hydroxyl groups is 1. The van der Waals surface area contributed by atoms with Gasteiger partial charge in [-0.1, -0.05) is 31.6 Å². The van der Waals surface area contributed by atoms with Crippen LogP contribution in [0.1, 0.15) is 63.5 Å². The Morgan fingerprint density at radius 1 is 1.43 bits per heavy atom. The molecular weight excluding hydrogens is 260 g/mol. The van der Waals surface area contributed by atoms with Gasteiger partial charge in [0.1, 0.15) is 11.5 Å². The van der Waals surface area contributed by atoms with Gasteiger partial charge in [0, 0.05) is 11.5 Å². The Bertz CT molecular complexity index is 555. The summed E-state index contributed by atoms with van der Waals surface area (Å²) in [6.45, 7) is 9.98. The van der Waals surface area contributed by atoms with E-state index in [0.717, 1.165) is 49.0 Å². The van der Waals surface area contributed by atoms with Gasteiger partial charge in [-0.05, 0) is 57.2 Å². The van der Waals surface area contributed by atoms with Crippen molar-refractivity contribution in [2.45, 2.75) is 58.8 Å². The topological polar surface area (TPSA) is 29.5 Å². The van der Waals surface area contributed by atoms with Crippen molar-refractivity contribution >= 4 is 0 Å². The van der Waals surface area contributed by atoms with E-state index in [0.29, 0.717) is 11.5 Å². The summed E-state index contributed by atoms with van der Waals surface area (Å²) < 4.78 is 5.82. The molecule has 0 saturated carbocycles. The molecule has 0 aliphatic heterocycles. The highest BCUT2D eigenvalue weighted by Crippen LogP contribution is 2.42. The van der Waals surface area contributed by atoms with Gasteiger partial charge in [-0.25, -0.2) is 0 Å². The van der Waals surface area contributed by atoms with Crippen molar-refractivity contribution < 1.29 is 9.84 Å². The van der Waals surface area contributed by atoms with Gasteiger partial charge in [-0.3, -0.25) is 0 Å². The average Bonchev–Trinajstić information content (AvgIpc) is 2.37. The van der Waals surface area contributed by atoms with E-state index in [2.05, 4.69) is 32.6 Å². The second-order valence-corrected chi connectivity index (χ2v) is 6.09. The number of benzene rings is 1. The highest BCUT2D eigenvalue weighted by atomic mass is 16.5. The molecular formula is C19H26O2. The predicted molar refractivity (Wildman–Crippen MR) is 87.9 cm³/mol. The van der Waals surface area contributed by atoms with Gasteiger partial charge in [-0.15, -0.1) is 0 Å². The van der Waals surface area contributed by atoms with Gasteiger partial charge >= 0.3 is 0 Å². The highest BCUT2D eigenvalue weighted by molar-refractivity contribution is 5.52. The Kier molecular flexibility index (Phi) is 5.11. The van der Waals surface area contributed by atoms with Crippen LogP contribution in [0.15, 0.2) is 36.1 Å². The van der Waals surface area contributed by atoms with Crippen molar-refractivity contribution in [1.82, 2.24) is 0 Å². The number of phenols is 1. The first-order chi connectivity index (χ1) is 10.0. The lowest BCUT2D eigenvalue weighted by Crippen LogP contribution is -2.06. The van der Waals surface area contributed by atoms with E-state index in [1.54, 1.807) is 0 Å². The van der Waals surface area contributed by atoms with Crippen molar-refractivity contribution in [1.29, 1.82) is 0 Å². The van der Waals surface area contributed by atoms with E-state index >= 15 is 0 Å². The lowest BCUT2D eigenvalue weighted by atomic mass is 9.84. The molecule has 0 spiro atoms. The second kappa shape index (κ2) is 6.84. The Balaban J connectivity index is 2.46. The SMILES string of the molecule is C=C(C)Oc1cc(CCC)cc(O)c1C1C=C(C)CCC1. The quantitative estimate of drug-likeness (QED) is 0.574. The molecule has 0 saturated heterocycles. The number of aryl methyl sites for hydroxylation is 1. The number of hydrogen-bond acceptors (Lipinski definition) is 2. The molecule has 0 heterocycles. The molecule has 2 nitrogen and oxygen atoms in total. The Hall–Kier alpha value is -1.70. The van der Waals surface area contributed by atoms with Crippen LogP contribution < -0.4 is 4.74 Å². The van der Waals surface area contributed by atoms with Crippen molar-refractivity contribution in [3.8, 4) is 11.5 Å². The molecule has 1 aliphatic rings. The first-order valence-corrected chi connectivity index (χ1v) is 7.87. The van der Waals surface area contributed by atoms with Gasteiger partial charge in [0.15, 0.2) is 0 Å². The zero-order valence-electron chi connectivity index (χ0n) is 13.4. The maximum Gasteiger partial charge on any atom is 0.134 e. The van der Waals surface area contributed by atoms with E-state index in [9.17, 15) is 5.11 Å². The highest BCUT2D eigenvalue weighted by Gasteiger charge is 2.22. The van der Waals surface area contributed by atoms with Gasteiger partial charge < -0.3 is 9.84 Å². The maximum atomic E-state index is 10.5. The first kappa shape index (κ1) is 15.7. The molecule has 0 bridgehead atoms. The minimum atomic E-state index is 0.240. The standard InChI is InChI=1S/C19H26O2/c1-5-7-15-11-17(20)19(18(12-15)21-13(2)3)16-9-6-8-14(4)10-16/h10-12,16,20H,2,5-9H2,1,3-4H3. The zero-order valence-corrected chi connectivity index (χ0v) is 13.4. The fourth-order valence-electron chi connectivity index (χ4n) is 3.08. The van der Waals surface area contributed by atoms with Crippen LogP contribution in [0.3, 0.4) is 0 Å². The van der Waals surface area contributed by atoms with Crippen molar-refractivity contribution in [3.05, 3.63) is 47.2 Å². The third-order valence-electron chi connectivity index (χ3n) is 3.95. The molecule has 1 N–H and O–H groups in total. The van der Waals surface area contributed by atoms with E-state index in [-0.39, 0.29) is 5.92 Å². The molecule has 21 heavy (non-hydrogen) atoms. The summed E-state index contributed by atoms with van der Waals surface area (Å²) in [5, 5.41) is 10.5. The van der Waals surface area contributed by atoms with E-state index in [1.807, 2.05) is 13.0 Å².